The van der Waals surface area contributed by atoms with Gasteiger partial charge in [-0.2, -0.15) is 5.10 Å². The molecule has 7 heteroatoms. The SMILES string of the molecule is CCN1CCNC(c2ccccc2NC(=O)c2ccc(Cl)c(Cl)c2)=N1. The van der Waals surface area contributed by atoms with Crippen LogP contribution in [-0.2, 0) is 0 Å². The third-order valence-electron chi connectivity index (χ3n) is 3.88. The van der Waals surface area contributed by atoms with Crippen molar-refractivity contribution in [2.24, 2.45) is 5.10 Å². The van der Waals surface area contributed by atoms with E-state index in [0.717, 1.165) is 31.0 Å². The second-order valence-corrected chi connectivity index (χ2v) is 6.36. The lowest BCUT2D eigenvalue weighted by atomic mass is 10.1. The van der Waals surface area contributed by atoms with E-state index in [-0.39, 0.29) is 5.91 Å². The topological polar surface area (TPSA) is 56.7 Å². The van der Waals surface area contributed by atoms with Crippen LogP contribution in [0.5, 0.6) is 0 Å². The number of carbonyl (C=O) groups is 1. The van der Waals surface area contributed by atoms with Gasteiger partial charge in [-0.1, -0.05) is 35.3 Å². The summed E-state index contributed by atoms with van der Waals surface area (Å²) in [7, 11) is 0. The van der Waals surface area contributed by atoms with Crippen molar-refractivity contribution < 1.29 is 4.79 Å². The Balaban J connectivity index is 1.87. The zero-order valence-electron chi connectivity index (χ0n) is 13.7. The van der Waals surface area contributed by atoms with E-state index in [1.807, 2.05) is 29.3 Å². The van der Waals surface area contributed by atoms with Crippen molar-refractivity contribution >= 4 is 40.6 Å². The predicted molar refractivity (Wildman–Crippen MR) is 103 cm³/mol. The Morgan fingerprint density at radius 3 is 2.80 bits per heavy atom. The highest BCUT2D eigenvalue weighted by atomic mass is 35.5. The molecule has 0 aromatic heterocycles. The molecule has 1 heterocycles. The summed E-state index contributed by atoms with van der Waals surface area (Å²) in [6.07, 6.45) is 0. The summed E-state index contributed by atoms with van der Waals surface area (Å²) < 4.78 is 0. The Morgan fingerprint density at radius 1 is 1.24 bits per heavy atom. The summed E-state index contributed by atoms with van der Waals surface area (Å²) in [6.45, 7) is 4.56. The van der Waals surface area contributed by atoms with Gasteiger partial charge in [0, 0.05) is 24.2 Å². The van der Waals surface area contributed by atoms with Crippen LogP contribution in [0, 0.1) is 0 Å². The summed E-state index contributed by atoms with van der Waals surface area (Å²) in [5.74, 6) is 0.493. The smallest absolute Gasteiger partial charge is 0.255 e. The first-order valence-electron chi connectivity index (χ1n) is 8.01. The normalized spacial score (nSPS) is 13.9. The van der Waals surface area contributed by atoms with Gasteiger partial charge in [-0.25, -0.2) is 0 Å². The zero-order chi connectivity index (χ0) is 17.8. The lowest BCUT2D eigenvalue weighted by Gasteiger charge is -2.26. The van der Waals surface area contributed by atoms with E-state index in [1.54, 1.807) is 18.2 Å². The Labute approximate surface area is 156 Å². The van der Waals surface area contributed by atoms with Crippen LogP contribution in [0.4, 0.5) is 5.69 Å². The monoisotopic (exact) mass is 376 g/mol. The first kappa shape index (κ1) is 17.6. The minimum Gasteiger partial charge on any atom is -0.366 e. The first-order valence-corrected chi connectivity index (χ1v) is 8.77. The molecular weight excluding hydrogens is 359 g/mol. The third kappa shape index (κ3) is 4.06. The molecule has 3 rings (SSSR count). The molecular formula is C18H18Cl2N4O. The van der Waals surface area contributed by atoms with E-state index in [2.05, 4.69) is 22.7 Å². The second-order valence-electron chi connectivity index (χ2n) is 5.55. The van der Waals surface area contributed by atoms with Crippen LogP contribution < -0.4 is 10.6 Å². The molecule has 130 valence electrons. The molecule has 2 aromatic rings. The van der Waals surface area contributed by atoms with E-state index in [0.29, 0.717) is 21.3 Å². The summed E-state index contributed by atoms with van der Waals surface area (Å²) in [4.78, 5) is 12.5. The van der Waals surface area contributed by atoms with Crippen LogP contribution in [0.15, 0.2) is 47.6 Å². The number of nitrogens with zero attached hydrogens (tertiary/aromatic N) is 2. The quantitative estimate of drug-likeness (QED) is 0.852. The largest absolute Gasteiger partial charge is 0.366 e. The number of nitrogens with one attached hydrogen (secondary N) is 2. The zero-order valence-corrected chi connectivity index (χ0v) is 15.2. The molecule has 0 saturated carbocycles. The lowest BCUT2D eigenvalue weighted by molar-refractivity contribution is 0.102. The molecule has 0 fully saturated rings. The van der Waals surface area contributed by atoms with Crippen LogP contribution in [-0.4, -0.2) is 36.4 Å². The van der Waals surface area contributed by atoms with Gasteiger partial charge in [0.05, 0.1) is 22.3 Å². The molecule has 25 heavy (non-hydrogen) atoms. The number of amidine groups is 1. The summed E-state index contributed by atoms with van der Waals surface area (Å²) in [6, 6.07) is 12.4. The Morgan fingerprint density at radius 2 is 2.04 bits per heavy atom. The van der Waals surface area contributed by atoms with Gasteiger partial charge in [-0.3, -0.25) is 9.80 Å². The molecule has 0 radical (unpaired) electrons. The summed E-state index contributed by atoms with van der Waals surface area (Å²) in [5.41, 5.74) is 1.97. The van der Waals surface area contributed by atoms with Gasteiger partial charge in [-0.05, 0) is 37.3 Å². The maximum atomic E-state index is 12.5. The Kier molecular flexibility index (Phi) is 5.46. The van der Waals surface area contributed by atoms with Crippen molar-refractivity contribution in [1.29, 1.82) is 0 Å². The molecule has 0 saturated heterocycles. The van der Waals surface area contributed by atoms with Crippen LogP contribution in [0.2, 0.25) is 10.0 Å². The van der Waals surface area contributed by atoms with E-state index in [9.17, 15) is 4.79 Å². The summed E-state index contributed by atoms with van der Waals surface area (Å²) >= 11 is 11.9. The standard InChI is InChI=1S/C18H18Cl2N4O/c1-2-24-10-9-21-17(23-24)13-5-3-4-6-16(13)22-18(25)12-7-8-14(19)15(20)11-12/h3-8,11H,2,9-10H2,1H3,(H,21,23)(H,22,25). The Hall–Kier alpha value is -2.24. The minimum atomic E-state index is -0.255. The van der Waals surface area contributed by atoms with E-state index < -0.39 is 0 Å². The number of amides is 1. The molecule has 0 spiro atoms. The molecule has 2 N–H and O–H groups in total. The van der Waals surface area contributed by atoms with Gasteiger partial charge in [0.15, 0.2) is 5.84 Å². The fourth-order valence-electron chi connectivity index (χ4n) is 2.54. The van der Waals surface area contributed by atoms with Crippen molar-refractivity contribution in [3.05, 3.63) is 63.6 Å². The van der Waals surface area contributed by atoms with Crippen LogP contribution >= 0.6 is 23.2 Å². The number of likely N-dealkylation sites (N-methyl/N-ethyl adjacent to an activating group) is 1. The molecule has 1 aliphatic heterocycles. The van der Waals surface area contributed by atoms with Crippen molar-refractivity contribution in [1.82, 2.24) is 10.3 Å². The second kappa shape index (κ2) is 7.76. The van der Waals surface area contributed by atoms with Crippen LogP contribution in [0.1, 0.15) is 22.8 Å². The fraction of sp³-hybridized carbons (Fsp3) is 0.222. The predicted octanol–water partition coefficient (Wildman–Crippen LogP) is 3.83. The molecule has 0 bridgehead atoms. The number of halogens is 2. The van der Waals surface area contributed by atoms with E-state index in [4.69, 9.17) is 23.2 Å². The number of benzene rings is 2. The maximum absolute atomic E-state index is 12.5. The third-order valence-corrected chi connectivity index (χ3v) is 4.62. The number of anilines is 1. The Bertz CT molecular complexity index is 822. The van der Waals surface area contributed by atoms with Gasteiger partial charge < -0.3 is 10.6 Å². The number of hydrogen-bond acceptors (Lipinski definition) is 4. The molecule has 1 aliphatic rings. The van der Waals surface area contributed by atoms with Crippen molar-refractivity contribution in [2.45, 2.75) is 6.92 Å². The van der Waals surface area contributed by atoms with Crippen LogP contribution in [0.25, 0.3) is 0 Å². The number of carbonyl (C=O) groups excluding carboxylic acids is 1. The molecule has 2 aromatic carbocycles. The van der Waals surface area contributed by atoms with Crippen LogP contribution in [0.3, 0.4) is 0 Å². The van der Waals surface area contributed by atoms with E-state index in [1.165, 1.54) is 0 Å². The molecule has 0 atom stereocenters. The van der Waals surface area contributed by atoms with Gasteiger partial charge in [0.25, 0.3) is 5.91 Å². The molecule has 1 amide bonds. The number of rotatable bonds is 4. The van der Waals surface area contributed by atoms with Gasteiger partial charge >= 0.3 is 0 Å². The number of hydrazone groups is 1. The molecule has 5 nitrogen and oxygen atoms in total. The first-order chi connectivity index (χ1) is 12.1. The highest BCUT2D eigenvalue weighted by Gasteiger charge is 2.17. The van der Waals surface area contributed by atoms with Crippen molar-refractivity contribution in [3.8, 4) is 0 Å². The highest BCUT2D eigenvalue weighted by Crippen LogP contribution is 2.24. The van der Waals surface area contributed by atoms with Gasteiger partial charge in [0.1, 0.15) is 0 Å². The molecule has 0 unspecified atom stereocenters. The average Bonchev–Trinajstić information content (AvgIpc) is 2.64. The number of para-hydroxylation sites is 1. The summed E-state index contributed by atoms with van der Waals surface area (Å²) in [5, 5.41) is 13.5. The van der Waals surface area contributed by atoms with E-state index >= 15 is 0 Å². The van der Waals surface area contributed by atoms with Crippen molar-refractivity contribution in [3.63, 3.8) is 0 Å². The maximum Gasteiger partial charge on any atom is 0.255 e. The average molecular weight is 377 g/mol. The van der Waals surface area contributed by atoms with Gasteiger partial charge in [-0.15, -0.1) is 0 Å². The number of hydrogen-bond donors (Lipinski definition) is 2. The fourth-order valence-corrected chi connectivity index (χ4v) is 2.84. The molecule has 0 aliphatic carbocycles. The lowest BCUT2D eigenvalue weighted by Crippen LogP contribution is -2.40. The van der Waals surface area contributed by atoms with Gasteiger partial charge in [0.2, 0.25) is 0 Å². The highest BCUT2D eigenvalue weighted by molar-refractivity contribution is 6.42. The van der Waals surface area contributed by atoms with Crippen molar-refractivity contribution in [2.75, 3.05) is 25.0 Å². The minimum absolute atomic E-state index is 0.255.